The van der Waals surface area contributed by atoms with Gasteiger partial charge in [-0.25, -0.2) is 0 Å². The maximum absolute atomic E-state index is 11.5. The van der Waals surface area contributed by atoms with E-state index in [-0.39, 0.29) is 0 Å². The van der Waals surface area contributed by atoms with Gasteiger partial charge < -0.3 is 0 Å². The van der Waals surface area contributed by atoms with Crippen LogP contribution in [0.2, 0.25) is 0 Å². The molecule has 0 aliphatic carbocycles. The van der Waals surface area contributed by atoms with Gasteiger partial charge in [-0.3, -0.25) is 0 Å². The fourth-order valence-electron chi connectivity index (χ4n) is 1.93. The summed E-state index contributed by atoms with van der Waals surface area (Å²) in [4.78, 5) is 0. The van der Waals surface area contributed by atoms with Crippen LogP contribution >= 0.6 is 0 Å². The molecule has 0 aromatic heterocycles. The molecule has 0 bridgehead atoms. The van der Waals surface area contributed by atoms with Crippen LogP contribution < -0.4 is 0 Å². The average Bonchev–Trinajstić information content (AvgIpc) is 2.24. The fraction of sp³-hybridized carbons (Fsp3) is 1.00. The van der Waals surface area contributed by atoms with E-state index in [2.05, 4.69) is 6.92 Å². The number of hydrogen-bond acceptors (Lipinski definition) is 2. The van der Waals surface area contributed by atoms with E-state index in [4.69, 9.17) is 0 Å². The van der Waals surface area contributed by atoms with Crippen molar-refractivity contribution in [1.29, 1.82) is 0 Å². The molecule has 0 aromatic rings. The molecule has 0 heterocycles. The molecule has 1 unspecified atom stereocenters. The molecule has 5 heteroatoms. The van der Waals surface area contributed by atoms with E-state index in [1.807, 2.05) is 6.92 Å². The maximum atomic E-state index is 11.5. The zero-order valence-electron chi connectivity index (χ0n) is 11.2. The molecule has 3 nitrogen and oxygen atoms in total. The van der Waals surface area contributed by atoms with Crippen molar-refractivity contribution in [2.75, 3.05) is 0 Å². The van der Waals surface area contributed by atoms with E-state index in [1.165, 1.54) is 19.3 Å². The molecule has 0 saturated heterocycles. The van der Waals surface area contributed by atoms with Crippen LogP contribution in [-0.4, -0.2) is 16.3 Å². The van der Waals surface area contributed by atoms with E-state index < -0.39 is 13.5 Å². The van der Waals surface area contributed by atoms with Crippen molar-refractivity contribution in [2.24, 2.45) is 0 Å². The van der Waals surface area contributed by atoms with Gasteiger partial charge in [-0.1, -0.05) is 0 Å². The molecule has 0 radical (unpaired) electrons. The van der Waals surface area contributed by atoms with Crippen molar-refractivity contribution >= 4 is 10.1 Å². The summed E-state index contributed by atoms with van der Waals surface area (Å²) in [6.45, 7) is 4.21. The molecular weight excluding hydrogens is 290 g/mol. The Morgan fingerprint density at radius 1 is 0.941 bits per heavy atom. The summed E-state index contributed by atoms with van der Waals surface area (Å²) in [5.74, 6) is 0. The van der Waals surface area contributed by atoms with Gasteiger partial charge in [0, 0.05) is 0 Å². The Hall–Kier alpha value is 0.533. The van der Waals surface area contributed by atoms with Gasteiger partial charge in [0.05, 0.1) is 0 Å². The van der Waals surface area contributed by atoms with Crippen molar-refractivity contribution in [1.82, 2.24) is 0 Å². The van der Waals surface area contributed by atoms with Crippen LogP contribution in [0.1, 0.15) is 71.6 Å². The Kier molecular flexibility index (Phi) is 8.87. The van der Waals surface area contributed by atoms with E-state index in [0.717, 1.165) is 25.7 Å². The third-order valence-corrected chi connectivity index (χ3v) is 8.55. The van der Waals surface area contributed by atoms with Gasteiger partial charge in [-0.2, -0.15) is 0 Å². The summed E-state index contributed by atoms with van der Waals surface area (Å²) in [6, 6.07) is 0. The Labute approximate surface area is 116 Å². The Morgan fingerprint density at radius 3 is 1.88 bits per heavy atom. The summed E-state index contributed by atoms with van der Waals surface area (Å²) in [5, 5.41) is 0. The standard InChI is InChI=1S/C12H25O3S.Zn/c1-3-5-7-8-9-11-12(10-6-4-2)16(13,14)15;/h3-11H2,1-2H3,(H,13,14,15);. The van der Waals surface area contributed by atoms with Crippen LogP contribution in [0, 0.1) is 0 Å². The first-order valence-corrected chi connectivity index (χ1v) is 9.62. The van der Waals surface area contributed by atoms with Crippen LogP contribution in [0.15, 0.2) is 0 Å². The van der Waals surface area contributed by atoms with Crippen molar-refractivity contribution in [3.8, 4) is 0 Å². The first kappa shape index (κ1) is 17.5. The molecule has 17 heavy (non-hydrogen) atoms. The minimum absolute atomic E-state index is 0.621. The average molecular weight is 315 g/mol. The van der Waals surface area contributed by atoms with Crippen LogP contribution in [0.3, 0.4) is 0 Å². The second kappa shape index (κ2) is 8.60. The first-order valence-electron chi connectivity index (χ1n) is 6.69. The molecule has 0 aliphatic heterocycles. The number of rotatable bonds is 10. The fourth-order valence-corrected chi connectivity index (χ4v) is 3.79. The van der Waals surface area contributed by atoms with E-state index in [0.29, 0.717) is 31.1 Å². The Balaban J connectivity index is 4.21. The molecule has 0 fully saturated rings. The van der Waals surface area contributed by atoms with Crippen molar-refractivity contribution in [3.63, 3.8) is 0 Å². The summed E-state index contributed by atoms with van der Waals surface area (Å²) in [7, 11) is -3.87. The second-order valence-corrected chi connectivity index (χ2v) is 10.7. The van der Waals surface area contributed by atoms with E-state index in [9.17, 15) is 13.0 Å². The quantitative estimate of drug-likeness (QED) is 0.380. The molecule has 0 amide bonds. The van der Waals surface area contributed by atoms with Gasteiger partial charge in [0.2, 0.25) is 0 Å². The van der Waals surface area contributed by atoms with Gasteiger partial charge in [0.25, 0.3) is 0 Å². The third kappa shape index (κ3) is 6.88. The van der Waals surface area contributed by atoms with Crippen LogP contribution in [0.4, 0.5) is 0 Å². The monoisotopic (exact) mass is 313 g/mol. The van der Waals surface area contributed by atoms with Gasteiger partial charge >= 0.3 is 116 Å². The van der Waals surface area contributed by atoms with Crippen molar-refractivity contribution in [2.45, 2.75) is 75.0 Å². The van der Waals surface area contributed by atoms with Gasteiger partial charge in [0.15, 0.2) is 0 Å². The second-order valence-electron chi connectivity index (χ2n) is 4.93. The van der Waals surface area contributed by atoms with E-state index in [1.54, 1.807) is 0 Å². The summed E-state index contributed by atoms with van der Waals surface area (Å²) < 4.78 is 31.5. The molecule has 0 aromatic carbocycles. The topological polar surface area (TPSA) is 54.4 Å². The molecular formula is C12H25O3SZn. The minimum atomic E-state index is -3.87. The molecule has 0 rings (SSSR count). The number of hydrogen-bond donors (Lipinski definition) is 1. The first-order chi connectivity index (χ1) is 7.87. The number of unbranched alkanes of at least 4 members (excludes halogenated alkanes) is 5. The van der Waals surface area contributed by atoms with Crippen LogP contribution in [-0.2, 0) is 28.4 Å². The molecule has 0 spiro atoms. The summed E-state index contributed by atoms with van der Waals surface area (Å²) in [6.07, 6.45) is 8.70. The molecule has 0 saturated carbocycles. The van der Waals surface area contributed by atoms with Crippen molar-refractivity contribution < 1.29 is 31.3 Å². The normalized spacial score (nSPS) is 15.8. The van der Waals surface area contributed by atoms with Crippen LogP contribution in [0.5, 0.6) is 0 Å². The molecule has 0 aliphatic rings. The van der Waals surface area contributed by atoms with Crippen molar-refractivity contribution in [3.05, 3.63) is 0 Å². The predicted octanol–water partition coefficient (Wildman–Crippen LogP) is 3.67. The molecule has 99 valence electrons. The zero-order valence-corrected chi connectivity index (χ0v) is 15.0. The predicted molar refractivity (Wildman–Crippen MR) is 67.2 cm³/mol. The SMILES string of the molecule is CCCCCCC[C]([Zn])(CCCC)S(=O)(=O)O. The zero-order chi connectivity index (χ0) is 13.4. The summed E-state index contributed by atoms with van der Waals surface area (Å²) >= 11 is 0.639. The van der Waals surface area contributed by atoms with Gasteiger partial charge in [0.1, 0.15) is 0 Å². The van der Waals surface area contributed by atoms with Gasteiger partial charge in [-0.15, -0.1) is 0 Å². The third-order valence-electron chi connectivity index (χ3n) is 3.27. The van der Waals surface area contributed by atoms with E-state index >= 15 is 0 Å². The molecule has 1 atom stereocenters. The van der Waals surface area contributed by atoms with Gasteiger partial charge in [-0.05, 0) is 0 Å². The summed E-state index contributed by atoms with van der Waals surface area (Å²) in [5.41, 5.74) is 0. The molecule has 1 N–H and O–H groups in total. The Bertz CT molecular complexity index is 290. The Morgan fingerprint density at radius 2 is 1.41 bits per heavy atom. The van der Waals surface area contributed by atoms with Crippen LogP contribution in [0.25, 0.3) is 0 Å².